The Bertz CT molecular complexity index is 421. The molecule has 0 atom stereocenters. The van der Waals surface area contributed by atoms with Gasteiger partial charge in [0.1, 0.15) is 0 Å². The number of aliphatic carboxylic acids is 3. The summed E-state index contributed by atoms with van der Waals surface area (Å²) in [7, 11) is 0. The Balaban J connectivity index is -0.000000230. The van der Waals surface area contributed by atoms with Crippen LogP contribution in [0.2, 0.25) is 0 Å². The number of carbonyl (C=O) groups is 3. The Morgan fingerprint density at radius 2 is 1.24 bits per heavy atom. The fourth-order valence-corrected chi connectivity index (χ4v) is 2.71. The van der Waals surface area contributed by atoms with E-state index in [2.05, 4.69) is 41.1 Å². The molecule has 1 aromatic rings. The predicted molar refractivity (Wildman–Crippen MR) is 84.2 cm³/mol. The Labute approximate surface area is 148 Å². The molecule has 1 aromatic carbocycles. The minimum atomic E-state index is -0.833. The maximum absolute atomic E-state index is 9.00. The number of halogens is 1. The monoisotopic (exact) mass is 557 g/mol. The summed E-state index contributed by atoms with van der Waals surface area (Å²) in [5.74, 6) is -2.50. The molecule has 0 bridgehead atoms. The summed E-state index contributed by atoms with van der Waals surface area (Å²) in [4.78, 5) is 27.0. The average molecular weight is 557 g/mol. The van der Waals surface area contributed by atoms with Crippen LogP contribution in [0, 0.1) is 6.92 Å². The SMILES string of the molecule is CC(=O)O.CC(=O)O.CC(=O)O.Cc1ccc(Br)c[c]1[Pb]. The van der Waals surface area contributed by atoms with Crippen LogP contribution in [0.15, 0.2) is 22.7 Å². The quantitative estimate of drug-likeness (QED) is 0.420. The molecule has 21 heavy (non-hydrogen) atoms. The molecule has 0 saturated carbocycles. The normalized spacial score (nSPS) is 7.71. The number of hydrogen-bond acceptors (Lipinski definition) is 3. The zero-order valence-corrected chi connectivity index (χ0v) is 17.6. The van der Waals surface area contributed by atoms with Crippen molar-refractivity contribution in [3.8, 4) is 0 Å². The molecule has 0 heterocycles. The molecule has 8 heteroatoms. The first-order valence-corrected chi connectivity index (χ1v) is 8.20. The zero-order valence-electron chi connectivity index (χ0n) is 12.2. The predicted octanol–water partition coefficient (Wildman–Crippen LogP) is 1.82. The van der Waals surface area contributed by atoms with E-state index in [1.807, 2.05) is 0 Å². The topological polar surface area (TPSA) is 112 Å². The van der Waals surface area contributed by atoms with Gasteiger partial charge in [0.2, 0.25) is 0 Å². The van der Waals surface area contributed by atoms with E-state index in [0.717, 1.165) is 46.5 Å². The van der Waals surface area contributed by atoms with Crippen molar-refractivity contribution in [2.24, 2.45) is 0 Å². The summed E-state index contributed by atoms with van der Waals surface area (Å²) in [6.45, 7) is 5.40. The van der Waals surface area contributed by atoms with Gasteiger partial charge in [0.25, 0.3) is 17.9 Å². The molecule has 0 aromatic heterocycles. The van der Waals surface area contributed by atoms with Crippen molar-refractivity contribution in [3.05, 3.63) is 28.2 Å². The van der Waals surface area contributed by atoms with E-state index < -0.39 is 17.9 Å². The summed E-state index contributed by atoms with van der Waals surface area (Å²) < 4.78 is 2.67. The van der Waals surface area contributed by atoms with Crippen LogP contribution in [0.25, 0.3) is 0 Å². The molecule has 6 nitrogen and oxygen atoms in total. The van der Waals surface area contributed by atoms with Gasteiger partial charge in [-0.05, 0) is 0 Å². The fourth-order valence-electron chi connectivity index (χ4n) is 0.594. The van der Waals surface area contributed by atoms with Crippen LogP contribution in [0.3, 0.4) is 0 Å². The van der Waals surface area contributed by atoms with E-state index in [9.17, 15) is 0 Å². The van der Waals surface area contributed by atoms with Crippen molar-refractivity contribution in [2.75, 3.05) is 0 Å². The summed E-state index contributed by atoms with van der Waals surface area (Å²) in [6, 6.07) is 6.41. The van der Waals surface area contributed by atoms with Gasteiger partial charge in [0.05, 0.1) is 0 Å². The van der Waals surface area contributed by atoms with E-state index in [-0.39, 0.29) is 0 Å². The molecule has 3 N–H and O–H groups in total. The minimum absolute atomic E-state index is 0.833. The van der Waals surface area contributed by atoms with E-state index in [0.29, 0.717) is 0 Å². The molecule has 0 fully saturated rings. The van der Waals surface area contributed by atoms with Gasteiger partial charge in [-0.1, -0.05) is 0 Å². The second kappa shape index (κ2) is 15.4. The van der Waals surface area contributed by atoms with E-state index in [1.165, 1.54) is 13.2 Å². The van der Waals surface area contributed by atoms with Crippen molar-refractivity contribution in [2.45, 2.75) is 27.7 Å². The fraction of sp³-hybridized carbons (Fsp3) is 0.308. The first-order valence-electron chi connectivity index (χ1n) is 5.46. The van der Waals surface area contributed by atoms with E-state index >= 15 is 0 Å². The molecule has 1 rings (SSSR count). The second-order valence-corrected chi connectivity index (χ2v) is 6.53. The number of rotatable bonds is 0. The van der Waals surface area contributed by atoms with Gasteiger partial charge in [0, 0.05) is 20.8 Å². The molecule has 0 unspecified atom stereocenters. The van der Waals surface area contributed by atoms with Crippen molar-refractivity contribution in [1.29, 1.82) is 0 Å². The maximum atomic E-state index is 9.00. The van der Waals surface area contributed by atoms with Crippen molar-refractivity contribution < 1.29 is 29.7 Å². The van der Waals surface area contributed by atoms with Gasteiger partial charge >= 0.3 is 80.0 Å². The number of carboxylic acid groups (broad SMARTS) is 3. The van der Waals surface area contributed by atoms with Crippen molar-refractivity contribution >= 4 is 62.7 Å². The molecule has 117 valence electrons. The van der Waals surface area contributed by atoms with Gasteiger partial charge in [-0.2, -0.15) is 0 Å². The third-order valence-corrected chi connectivity index (χ3v) is 3.79. The van der Waals surface area contributed by atoms with Crippen LogP contribution >= 0.6 is 15.9 Å². The van der Waals surface area contributed by atoms with Gasteiger partial charge in [-0.3, -0.25) is 14.4 Å². The van der Waals surface area contributed by atoms with Crippen LogP contribution in [0.4, 0.5) is 0 Å². The molecule has 0 aliphatic heterocycles. The molecule has 0 saturated heterocycles. The van der Waals surface area contributed by atoms with Crippen LogP contribution < -0.4 is 3.12 Å². The zero-order chi connectivity index (χ0) is 17.6. The molecule has 0 aliphatic rings. The summed E-state index contributed by atoms with van der Waals surface area (Å²) >= 11 is 4.56. The second-order valence-electron chi connectivity index (χ2n) is 3.52. The molecular weight excluding hydrogens is 539 g/mol. The summed E-state index contributed by atoms with van der Waals surface area (Å²) in [6.07, 6.45) is 0. The van der Waals surface area contributed by atoms with Gasteiger partial charge < -0.3 is 15.3 Å². The number of hydrogen-bond donors (Lipinski definition) is 3. The summed E-state index contributed by atoms with van der Waals surface area (Å²) in [5.41, 5.74) is 1.41. The Morgan fingerprint density at radius 1 is 0.952 bits per heavy atom. The Kier molecular flexibility index (Phi) is 18.4. The van der Waals surface area contributed by atoms with E-state index in [4.69, 9.17) is 29.7 Å². The molecule has 0 aliphatic carbocycles. The van der Waals surface area contributed by atoms with Crippen LogP contribution in [-0.4, -0.2) is 59.0 Å². The van der Waals surface area contributed by atoms with Gasteiger partial charge in [0.15, 0.2) is 0 Å². The molecule has 0 spiro atoms. The first-order chi connectivity index (χ1) is 9.39. The van der Waals surface area contributed by atoms with Crippen LogP contribution in [0.5, 0.6) is 0 Å². The third-order valence-electron chi connectivity index (χ3n) is 1.20. The third kappa shape index (κ3) is 38.1. The Hall–Kier alpha value is -0.968. The van der Waals surface area contributed by atoms with Crippen molar-refractivity contribution in [3.63, 3.8) is 0 Å². The Morgan fingerprint density at radius 3 is 1.43 bits per heavy atom. The number of benzene rings is 1. The first kappa shape index (κ1) is 25.0. The molecule has 0 amide bonds. The van der Waals surface area contributed by atoms with Crippen LogP contribution in [0.1, 0.15) is 26.3 Å². The van der Waals surface area contributed by atoms with Crippen LogP contribution in [-0.2, 0) is 14.4 Å². The van der Waals surface area contributed by atoms with Crippen molar-refractivity contribution in [1.82, 2.24) is 0 Å². The average Bonchev–Trinajstić information content (AvgIpc) is 2.21. The molecular formula is C13H18BrO6Pb. The number of aryl methyl sites for hydroxylation is 1. The molecule has 3 radical (unpaired) electrons. The van der Waals surface area contributed by atoms with E-state index in [1.54, 1.807) is 0 Å². The standard InChI is InChI=1S/C7H6Br.3C2H4O2.Pb/c1-6-2-4-7(8)5-3-6;3*1-2(3)4;/h2,4-5H,1H3;3*1H3,(H,3,4);. The van der Waals surface area contributed by atoms with Gasteiger partial charge in [-0.25, -0.2) is 0 Å². The summed E-state index contributed by atoms with van der Waals surface area (Å²) in [5, 5.41) is 22.2. The number of carboxylic acids is 3. The van der Waals surface area contributed by atoms with Gasteiger partial charge in [-0.15, -0.1) is 0 Å².